The zero-order valence-electron chi connectivity index (χ0n) is 13.0. The van der Waals surface area contributed by atoms with Crippen LogP contribution in [0.3, 0.4) is 0 Å². The van der Waals surface area contributed by atoms with Gasteiger partial charge in [-0.3, -0.25) is 9.59 Å². The Kier molecular flexibility index (Phi) is 6.03. The van der Waals surface area contributed by atoms with E-state index in [0.29, 0.717) is 25.7 Å². The maximum atomic E-state index is 12.2. The average molecular weight is 296 g/mol. The molecular formula is C16H28N2O3. The number of nitrogens with one attached hydrogen (secondary N) is 1. The van der Waals surface area contributed by atoms with E-state index in [2.05, 4.69) is 17.1 Å². The quantitative estimate of drug-likeness (QED) is 0.812. The molecule has 0 bridgehead atoms. The molecule has 2 N–H and O–H groups in total. The Labute approximate surface area is 127 Å². The van der Waals surface area contributed by atoms with Gasteiger partial charge in [-0.1, -0.05) is 6.42 Å². The van der Waals surface area contributed by atoms with Crippen molar-refractivity contribution in [2.45, 2.75) is 57.9 Å². The number of likely N-dealkylation sites (tertiary alicyclic amines) is 1. The van der Waals surface area contributed by atoms with Crippen LogP contribution in [0.1, 0.15) is 51.9 Å². The van der Waals surface area contributed by atoms with Gasteiger partial charge in [-0.2, -0.15) is 0 Å². The van der Waals surface area contributed by atoms with Crippen LogP contribution in [0.4, 0.5) is 0 Å². The number of nitrogens with zero attached hydrogens (tertiary/aromatic N) is 1. The van der Waals surface area contributed by atoms with Crippen molar-refractivity contribution in [3.05, 3.63) is 0 Å². The largest absolute Gasteiger partial charge is 0.481 e. The standard InChI is InChI=1S/C16H28N2O3/c1-12(11-18-9-3-2-4-10-18)17-15(19)13-5-7-14(8-6-13)16(20)21/h12-14H,2-11H2,1H3,(H,17,19)(H,20,21). The Morgan fingerprint density at radius 2 is 1.67 bits per heavy atom. The molecule has 1 unspecified atom stereocenters. The molecule has 1 amide bonds. The maximum absolute atomic E-state index is 12.2. The number of hydrogen-bond donors (Lipinski definition) is 2. The highest BCUT2D eigenvalue weighted by Gasteiger charge is 2.30. The lowest BCUT2D eigenvalue weighted by molar-refractivity contribution is -0.144. The molecule has 0 aromatic heterocycles. The van der Waals surface area contributed by atoms with E-state index >= 15 is 0 Å². The Morgan fingerprint density at radius 3 is 2.24 bits per heavy atom. The van der Waals surface area contributed by atoms with Crippen molar-refractivity contribution in [1.82, 2.24) is 10.2 Å². The molecule has 2 rings (SSSR count). The van der Waals surface area contributed by atoms with E-state index < -0.39 is 5.97 Å². The van der Waals surface area contributed by atoms with E-state index in [9.17, 15) is 9.59 Å². The third kappa shape index (κ3) is 4.99. The van der Waals surface area contributed by atoms with Gasteiger partial charge in [0.25, 0.3) is 0 Å². The summed E-state index contributed by atoms with van der Waals surface area (Å²) in [7, 11) is 0. The van der Waals surface area contributed by atoms with Crippen LogP contribution in [0.25, 0.3) is 0 Å². The first-order chi connectivity index (χ1) is 10.1. The summed E-state index contributed by atoms with van der Waals surface area (Å²) in [5.74, 6) is -0.847. The summed E-state index contributed by atoms with van der Waals surface area (Å²) in [5, 5.41) is 12.1. The Bertz CT molecular complexity index is 359. The molecule has 1 heterocycles. The third-order valence-corrected chi connectivity index (χ3v) is 4.82. The van der Waals surface area contributed by atoms with E-state index in [0.717, 1.165) is 19.6 Å². The smallest absolute Gasteiger partial charge is 0.306 e. The maximum Gasteiger partial charge on any atom is 0.306 e. The molecule has 1 saturated carbocycles. The fraction of sp³-hybridized carbons (Fsp3) is 0.875. The van der Waals surface area contributed by atoms with E-state index in [1.54, 1.807) is 0 Å². The predicted octanol–water partition coefficient (Wildman–Crippen LogP) is 1.87. The zero-order chi connectivity index (χ0) is 15.2. The Hall–Kier alpha value is -1.10. The predicted molar refractivity (Wildman–Crippen MR) is 81.0 cm³/mol. The molecule has 0 spiro atoms. The number of amides is 1. The molecule has 21 heavy (non-hydrogen) atoms. The second kappa shape index (κ2) is 7.78. The van der Waals surface area contributed by atoms with E-state index in [4.69, 9.17) is 5.11 Å². The van der Waals surface area contributed by atoms with Crippen LogP contribution in [0.5, 0.6) is 0 Å². The molecule has 5 nitrogen and oxygen atoms in total. The van der Waals surface area contributed by atoms with Crippen molar-refractivity contribution < 1.29 is 14.7 Å². The minimum atomic E-state index is -0.715. The fourth-order valence-electron chi connectivity index (χ4n) is 3.54. The van der Waals surface area contributed by atoms with Gasteiger partial charge in [-0.25, -0.2) is 0 Å². The Morgan fingerprint density at radius 1 is 1.10 bits per heavy atom. The number of carboxylic acid groups (broad SMARTS) is 1. The SMILES string of the molecule is CC(CN1CCCCC1)NC(=O)C1CCC(C(=O)O)CC1. The van der Waals surface area contributed by atoms with Crippen molar-refractivity contribution >= 4 is 11.9 Å². The summed E-state index contributed by atoms with van der Waals surface area (Å²) in [6.07, 6.45) is 6.53. The van der Waals surface area contributed by atoms with Crippen LogP contribution in [0.15, 0.2) is 0 Å². The molecule has 0 aromatic rings. The van der Waals surface area contributed by atoms with Crippen LogP contribution in [0, 0.1) is 11.8 Å². The van der Waals surface area contributed by atoms with Crippen molar-refractivity contribution in [2.75, 3.05) is 19.6 Å². The molecule has 1 aliphatic carbocycles. The highest BCUT2D eigenvalue weighted by molar-refractivity contribution is 5.79. The zero-order valence-corrected chi connectivity index (χ0v) is 13.0. The summed E-state index contributed by atoms with van der Waals surface area (Å²) in [4.78, 5) is 25.6. The first kappa shape index (κ1) is 16.3. The van der Waals surface area contributed by atoms with Crippen LogP contribution in [-0.2, 0) is 9.59 Å². The van der Waals surface area contributed by atoms with Gasteiger partial charge in [0.15, 0.2) is 0 Å². The molecule has 1 saturated heterocycles. The third-order valence-electron chi connectivity index (χ3n) is 4.82. The number of hydrogen-bond acceptors (Lipinski definition) is 3. The average Bonchev–Trinajstić information content (AvgIpc) is 2.48. The number of aliphatic carboxylic acids is 1. The molecule has 2 aliphatic rings. The second-order valence-corrected chi connectivity index (χ2v) is 6.66. The van der Waals surface area contributed by atoms with Crippen molar-refractivity contribution in [3.63, 3.8) is 0 Å². The van der Waals surface area contributed by atoms with Gasteiger partial charge in [-0.15, -0.1) is 0 Å². The second-order valence-electron chi connectivity index (χ2n) is 6.66. The van der Waals surface area contributed by atoms with Crippen LogP contribution in [0.2, 0.25) is 0 Å². The molecule has 0 radical (unpaired) electrons. The normalized spacial score (nSPS) is 28.8. The topological polar surface area (TPSA) is 69.6 Å². The minimum Gasteiger partial charge on any atom is -0.481 e. The first-order valence-corrected chi connectivity index (χ1v) is 8.32. The number of carbonyl (C=O) groups is 2. The van der Waals surface area contributed by atoms with Crippen molar-refractivity contribution in [2.24, 2.45) is 11.8 Å². The van der Waals surface area contributed by atoms with Crippen molar-refractivity contribution in [1.29, 1.82) is 0 Å². The molecule has 5 heteroatoms. The van der Waals surface area contributed by atoms with Gasteiger partial charge in [0.05, 0.1) is 5.92 Å². The summed E-state index contributed by atoms with van der Waals surface area (Å²) in [6, 6.07) is 0.174. The number of carboxylic acids is 1. The van der Waals surface area contributed by atoms with Crippen molar-refractivity contribution in [3.8, 4) is 0 Å². The highest BCUT2D eigenvalue weighted by atomic mass is 16.4. The van der Waals surface area contributed by atoms with Gasteiger partial charge in [0, 0.05) is 18.5 Å². The molecule has 120 valence electrons. The van der Waals surface area contributed by atoms with Gasteiger partial charge in [0.2, 0.25) is 5.91 Å². The lowest BCUT2D eigenvalue weighted by atomic mass is 9.81. The minimum absolute atomic E-state index is 0.00408. The molecule has 2 fully saturated rings. The highest BCUT2D eigenvalue weighted by Crippen LogP contribution is 2.29. The molecular weight excluding hydrogens is 268 g/mol. The summed E-state index contributed by atoms with van der Waals surface area (Å²) in [5.41, 5.74) is 0. The van der Waals surface area contributed by atoms with Gasteiger partial charge in [0.1, 0.15) is 0 Å². The molecule has 1 aliphatic heterocycles. The van der Waals surface area contributed by atoms with Gasteiger partial charge >= 0.3 is 5.97 Å². The fourth-order valence-corrected chi connectivity index (χ4v) is 3.54. The monoisotopic (exact) mass is 296 g/mol. The van der Waals surface area contributed by atoms with E-state index in [-0.39, 0.29) is 23.8 Å². The van der Waals surface area contributed by atoms with E-state index in [1.165, 1.54) is 19.3 Å². The number of rotatable bonds is 5. The summed E-state index contributed by atoms with van der Waals surface area (Å²) < 4.78 is 0. The van der Waals surface area contributed by atoms with Crippen LogP contribution < -0.4 is 5.32 Å². The lowest BCUT2D eigenvalue weighted by Gasteiger charge is -2.31. The lowest BCUT2D eigenvalue weighted by Crippen LogP contribution is -2.46. The molecule has 0 aromatic carbocycles. The number of piperidine rings is 1. The summed E-state index contributed by atoms with van der Waals surface area (Å²) >= 11 is 0. The Balaban J connectivity index is 1.70. The van der Waals surface area contributed by atoms with Crippen LogP contribution >= 0.6 is 0 Å². The summed E-state index contributed by atoms with van der Waals surface area (Å²) in [6.45, 7) is 5.28. The molecule has 1 atom stereocenters. The van der Waals surface area contributed by atoms with Gasteiger partial charge in [-0.05, 0) is 58.5 Å². The van der Waals surface area contributed by atoms with Crippen LogP contribution in [-0.4, -0.2) is 47.6 Å². The van der Waals surface area contributed by atoms with Gasteiger partial charge < -0.3 is 15.3 Å². The number of carbonyl (C=O) groups excluding carboxylic acids is 1. The first-order valence-electron chi connectivity index (χ1n) is 8.32. The van der Waals surface area contributed by atoms with E-state index in [1.807, 2.05) is 0 Å².